The quantitative estimate of drug-likeness (QED) is 0.671. The van der Waals surface area contributed by atoms with E-state index in [-0.39, 0.29) is 0 Å². The molecular formula is C14H30N2. The van der Waals surface area contributed by atoms with E-state index in [9.17, 15) is 0 Å². The summed E-state index contributed by atoms with van der Waals surface area (Å²) in [5.74, 6) is 0. The van der Waals surface area contributed by atoms with E-state index in [0.717, 1.165) is 6.04 Å². The zero-order chi connectivity index (χ0) is 11.6. The maximum Gasteiger partial charge on any atom is 0.00797 e. The van der Waals surface area contributed by atoms with Gasteiger partial charge in [-0.05, 0) is 58.3 Å². The van der Waals surface area contributed by atoms with Gasteiger partial charge in [0, 0.05) is 6.04 Å². The first-order chi connectivity index (χ1) is 7.86. The van der Waals surface area contributed by atoms with Gasteiger partial charge in [-0.25, -0.2) is 0 Å². The second kappa shape index (κ2) is 9.00. The number of unbranched alkanes of at least 4 members (excludes halogenated alkanes) is 2. The SMILES string of the molecule is CCCCCNC1CCCN(CCC)CC1. The fourth-order valence-electron chi connectivity index (χ4n) is 2.58. The van der Waals surface area contributed by atoms with Crippen LogP contribution in [-0.2, 0) is 0 Å². The van der Waals surface area contributed by atoms with Crippen LogP contribution in [0.5, 0.6) is 0 Å². The van der Waals surface area contributed by atoms with Crippen molar-refractivity contribution in [3.05, 3.63) is 0 Å². The molecule has 0 bridgehead atoms. The van der Waals surface area contributed by atoms with Gasteiger partial charge in [0.15, 0.2) is 0 Å². The minimum atomic E-state index is 0.790. The zero-order valence-electron chi connectivity index (χ0n) is 11.3. The lowest BCUT2D eigenvalue weighted by Gasteiger charge is -2.19. The van der Waals surface area contributed by atoms with Crippen molar-refractivity contribution in [2.24, 2.45) is 0 Å². The standard InChI is InChI=1S/C14H30N2/c1-3-5-6-10-15-14-8-7-12-16(11-4-2)13-9-14/h14-15H,3-13H2,1-2H3. The number of rotatable bonds is 7. The number of likely N-dealkylation sites (tertiary alicyclic amines) is 1. The Labute approximate surface area is 102 Å². The summed E-state index contributed by atoms with van der Waals surface area (Å²) < 4.78 is 0. The Balaban J connectivity index is 2.10. The van der Waals surface area contributed by atoms with Gasteiger partial charge in [-0.2, -0.15) is 0 Å². The van der Waals surface area contributed by atoms with Crippen molar-refractivity contribution in [1.82, 2.24) is 10.2 Å². The van der Waals surface area contributed by atoms with Gasteiger partial charge in [-0.15, -0.1) is 0 Å². The van der Waals surface area contributed by atoms with Gasteiger partial charge in [0.05, 0.1) is 0 Å². The topological polar surface area (TPSA) is 15.3 Å². The van der Waals surface area contributed by atoms with Gasteiger partial charge < -0.3 is 10.2 Å². The predicted molar refractivity (Wildman–Crippen MR) is 71.9 cm³/mol. The van der Waals surface area contributed by atoms with E-state index in [4.69, 9.17) is 0 Å². The number of nitrogens with zero attached hydrogens (tertiary/aromatic N) is 1. The Bertz CT molecular complexity index is 159. The molecule has 0 aromatic rings. The van der Waals surface area contributed by atoms with Gasteiger partial charge >= 0.3 is 0 Å². The Kier molecular flexibility index (Phi) is 7.87. The Morgan fingerprint density at radius 2 is 1.94 bits per heavy atom. The fourth-order valence-corrected chi connectivity index (χ4v) is 2.58. The van der Waals surface area contributed by atoms with Gasteiger partial charge in [0.2, 0.25) is 0 Å². The van der Waals surface area contributed by atoms with Gasteiger partial charge in [0.25, 0.3) is 0 Å². The lowest BCUT2D eigenvalue weighted by Crippen LogP contribution is -2.31. The normalized spacial score (nSPS) is 23.2. The first-order valence-electron chi connectivity index (χ1n) is 7.32. The number of nitrogens with one attached hydrogen (secondary N) is 1. The minimum Gasteiger partial charge on any atom is -0.314 e. The van der Waals surface area contributed by atoms with E-state index < -0.39 is 0 Å². The highest BCUT2D eigenvalue weighted by Gasteiger charge is 2.15. The molecule has 1 fully saturated rings. The summed E-state index contributed by atoms with van der Waals surface area (Å²) in [5, 5.41) is 3.73. The molecular weight excluding hydrogens is 196 g/mol. The third-order valence-corrected chi connectivity index (χ3v) is 3.57. The number of hydrogen-bond donors (Lipinski definition) is 1. The third kappa shape index (κ3) is 5.86. The molecule has 0 amide bonds. The lowest BCUT2D eigenvalue weighted by molar-refractivity contribution is 0.282. The molecule has 1 unspecified atom stereocenters. The largest absolute Gasteiger partial charge is 0.314 e. The van der Waals surface area contributed by atoms with Crippen molar-refractivity contribution in [2.75, 3.05) is 26.2 Å². The monoisotopic (exact) mass is 226 g/mol. The molecule has 2 heteroatoms. The summed E-state index contributed by atoms with van der Waals surface area (Å²) in [6, 6.07) is 0.790. The average molecular weight is 226 g/mol. The highest BCUT2D eigenvalue weighted by molar-refractivity contribution is 4.74. The van der Waals surface area contributed by atoms with E-state index >= 15 is 0 Å². The third-order valence-electron chi connectivity index (χ3n) is 3.57. The predicted octanol–water partition coefficient (Wildman–Crippen LogP) is 3.03. The smallest absolute Gasteiger partial charge is 0.00797 e. The Hall–Kier alpha value is -0.0800. The summed E-state index contributed by atoms with van der Waals surface area (Å²) in [6.45, 7) is 9.70. The van der Waals surface area contributed by atoms with Crippen LogP contribution in [0.25, 0.3) is 0 Å². The molecule has 1 atom stereocenters. The summed E-state index contributed by atoms with van der Waals surface area (Å²) in [6.07, 6.45) is 9.47. The molecule has 1 aliphatic rings. The molecule has 1 saturated heterocycles. The van der Waals surface area contributed by atoms with Crippen molar-refractivity contribution in [1.29, 1.82) is 0 Å². The van der Waals surface area contributed by atoms with Crippen molar-refractivity contribution >= 4 is 0 Å². The molecule has 0 aromatic heterocycles. The van der Waals surface area contributed by atoms with E-state index in [1.807, 2.05) is 0 Å². The van der Waals surface area contributed by atoms with Crippen LogP contribution in [0.4, 0.5) is 0 Å². The molecule has 16 heavy (non-hydrogen) atoms. The first kappa shape index (κ1) is 14.0. The van der Waals surface area contributed by atoms with Crippen molar-refractivity contribution < 1.29 is 0 Å². The van der Waals surface area contributed by atoms with Crippen molar-refractivity contribution in [2.45, 2.75) is 64.8 Å². The second-order valence-electron chi connectivity index (χ2n) is 5.13. The molecule has 0 aromatic carbocycles. The Morgan fingerprint density at radius 1 is 1.06 bits per heavy atom. The van der Waals surface area contributed by atoms with E-state index in [2.05, 4.69) is 24.1 Å². The van der Waals surface area contributed by atoms with Crippen LogP contribution in [0, 0.1) is 0 Å². The zero-order valence-corrected chi connectivity index (χ0v) is 11.3. The van der Waals surface area contributed by atoms with Crippen LogP contribution >= 0.6 is 0 Å². The van der Waals surface area contributed by atoms with Gasteiger partial charge in [-0.3, -0.25) is 0 Å². The van der Waals surface area contributed by atoms with Crippen LogP contribution in [0.15, 0.2) is 0 Å². The molecule has 0 radical (unpaired) electrons. The molecule has 1 aliphatic heterocycles. The van der Waals surface area contributed by atoms with Crippen LogP contribution < -0.4 is 5.32 Å². The fraction of sp³-hybridized carbons (Fsp3) is 1.00. The highest BCUT2D eigenvalue weighted by atomic mass is 15.1. The maximum atomic E-state index is 3.73. The van der Waals surface area contributed by atoms with Crippen LogP contribution in [0.3, 0.4) is 0 Å². The molecule has 96 valence electrons. The van der Waals surface area contributed by atoms with Crippen LogP contribution in [0.2, 0.25) is 0 Å². The Morgan fingerprint density at radius 3 is 2.69 bits per heavy atom. The first-order valence-corrected chi connectivity index (χ1v) is 7.32. The number of hydrogen-bond acceptors (Lipinski definition) is 2. The van der Waals surface area contributed by atoms with E-state index in [0.29, 0.717) is 0 Å². The lowest BCUT2D eigenvalue weighted by atomic mass is 10.1. The summed E-state index contributed by atoms with van der Waals surface area (Å²) in [5.41, 5.74) is 0. The molecule has 0 aliphatic carbocycles. The van der Waals surface area contributed by atoms with E-state index in [1.165, 1.54) is 71.1 Å². The van der Waals surface area contributed by atoms with Gasteiger partial charge in [-0.1, -0.05) is 26.7 Å². The molecule has 1 N–H and O–H groups in total. The molecule has 1 rings (SSSR count). The summed E-state index contributed by atoms with van der Waals surface area (Å²) in [7, 11) is 0. The summed E-state index contributed by atoms with van der Waals surface area (Å²) in [4.78, 5) is 2.63. The molecule has 0 spiro atoms. The molecule has 0 saturated carbocycles. The van der Waals surface area contributed by atoms with Crippen LogP contribution in [-0.4, -0.2) is 37.1 Å². The van der Waals surface area contributed by atoms with Gasteiger partial charge in [0.1, 0.15) is 0 Å². The van der Waals surface area contributed by atoms with Crippen molar-refractivity contribution in [3.63, 3.8) is 0 Å². The average Bonchev–Trinajstić information content (AvgIpc) is 2.51. The molecule has 2 nitrogen and oxygen atoms in total. The summed E-state index contributed by atoms with van der Waals surface area (Å²) >= 11 is 0. The second-order valence-corrected chi connectivity index (χ2v) is 5.13. The maximum absolute atomic E-state index is 3.73. The highest BCUT2D eigenvalue weighted by Crippen LogP contribution is 2.11. The van der Waals surface area contributed by atoms with Crippen molar-refractivity contribution in [3.8, 4) is 0 Å². The van der Waals surface area contributed by atoms with Crippen LogP contribution in [0.1, 0.15) is 58.8 Å². The minimum absolute atomic E-state index is 0.790. The molecule has 1 heterocycles. The van der Waals surface area contributed by atoms with E-state index in [1.54, 1.807) is 0 Å².